The van der Waals surface area contributed by atoms with Crippen molar-refractivity contribution in [2.45, 2.75) is 18.9 Å². The van der Waals surface area contributed by atoms with Gasteiger partial charge in [0.25, 0.3) is 11.5 Å². The van der Waals surface area contributed by atoms with Crippen LogP contribution in [0, 0.1) is 0 Å². The summed E-state index contributed by atoms with van der Waals surface area (Å²) in [6.07, 6.45) is 6.38. The summed E-state index contributed by atoms with van der Waals surface area (Å²) >= 11 is 0. The van der Waals surface area contributed by atoms with Crippen LogP contribution in [0.3, 0.4) is 0 Å². The highest BCUT2D eigenvalue weighted by Gasteiger charge is 2.23. The van der Waals surface area contributed by atoms with Gasteiger partial charge >= 0.3 is 0 Å². The van der Waals surface area contributed by atoms with E-state index in [4.69, 9.17) is 0 Å². The predicted molar refractivity (Wildman–Crippen MR) is 96.2 cm³/mol. The molecule has 8 heteroatoms. The molecule has 1 amide bonds. The number of amides is 1. The van der Waals surface area contributed by atoms with E-state index in [1.54, 1.807) is 30.6 Å². The second-order valence-electron chi connectivity index (χ2n) is 6.23. The van der Waals surface area contributed by atoms with Crippen molar-refractivity contribution in [2.75, 3.05) is 18.0 Å². The molecule has 0 bridgehead atoms. The number of nitrogens with one attached hydrogen (secondary N) is 1. The quantitative estimate of drug-likeness (QED) is 0.754. The number of pyridine rings is 1. The maximum absolute atomic E-state index is 12.3. The highest BCUT2D eigenvalue weighted by atomic mass is 16.2. The van der Waals surface area contributed by atoms with Crippen molar-refractivity contribution < 1.29 is 4.79 Å². The van der Waals surface area contributed by atoms with Crippen molar-refractivity contribution in [2.24, 2.45) is 0 Å². The molecule has 1 aliphatic rings. The van der Waals surface area contributed by atoms with Gasteiger partial charge in [-0.25, -0.2) is 15.0 Å². The molecule has 1 unspecified atom stereocenters. The van der Waals surface area contributed by atoms with E-state index in [2.05, 4.69) is 20.3 Å². The average Bonchev–Trinajstić information content (AvgIpc) is 2.69. The molecule has 26 heavy (non-hydrogen) atoms. The zero-order valence-electron chi connectivity index (χ0n) is 14.1. The molecular weight excluding hydrogens is 332 g/mol. The second kappa shape index (κ2) is 6.91. The van der Waals surface area contributed by atoms with Crippen LogP contribution >= 0.6 is 0 Å². The number of rotatable bonds is 3. The van der Waals surface area contributed by atoms with E-state index < -0.39 is 0 Å². The lowest BCUT2D eigenvalue weighted by atomic mass is 10.1. The monoisotopic (exact) mass is 350 g/mol. The van der Waals surface area contributed by atoms with Crippen molar-refractivity contribution in [1.82, 2.24) is 24.7 Å². The zero-order chi connectivity index (χ0) is 17.9. The van der Waals surface area contributed by atoms with E-state index in [-0.39, 0.29) is 17.5 Å². The third-order valence-corrected chi connectivity index (χ3v) is 4.45. The van der Waals surface area contributed by atoms with Crippen LogP contribution in [0.5, 0.6) is 0 Å². The third-order valence-electron chi connectivity index (χ3n) is 4.45. The molecule has 4 heterocycles. The summed E-state index contributed by atoms with van der Waals surface area (Å²) in [6, 6.07) is 8.57. The summed E-state index contributed by atoms with van der Waals surface area (Å²) in [5, 5.41) is 3.00. The molecular formula is C18H18N6O2. The Labute approximate surface area is 149 Å². The van der Waals surface area contributed by atoms with Crippen LogP contribution in [0.4, 0.5) is 5.82 Å². The number of hydrogen-bond donors (Lipinski definition) is 1. The molecule has 0 saturated carbocycles. The minimum Gasteiger partial charge on any atom is -0.354 e. The van der Waals surface area contributed by atoms with E-state index in [9.17, 15) is 9.59 Å². The number of aromatic nitrogens is 4. The Balaban J connectivity index is 1.52. The Morgan fingerprint density at radius 1 is 1.27 bits per heavy atom. The molecule has 8 nitrogen and oxygen atoms in total. The molecule has 132 valence electrons. The highest BCUT2D eigenvalue weighted by molar-refractivity contribution is 5.92. The number of carbonyl (C=O) groups is 1. The lowest BCUT2D eigenvalue weighted by molar-refractivity contribution is 0.0928. The van der Waals surface area contributed by atoms with Crippen LogP contribution in [0.2, 0.25) is 0 Å². The fourth-order valence-corrected chi connectivity index (χ4v) is 3.19. The molecule has 1 aliphatic heterocycles. The smallest absolute Gasteiger partial charge is 0.270 e. The number of nitrogens with zero attached hydrogens (tertiary/aromatic N) is 5. The summed E-state index contributed by atoms with van der Waals surface area (Å²) in [4.78, 5) is 39.0. The lowest BCUT2D eigenvalue weighted by Crippen LogP contribution is -2.48. The van der Waals surface area contributed by atoms with Crippen LogP contribution in [0.1, 0.15) is 23.3 Å². The molecule has 0 radical (unpaired) electrons. The van der Waals surface area contributed by atoms with Gasteiger partial charge in [0.15, 0.2) is 0 Å². The average molecular weight is 350 g/mol. The topological polar surface area (TPSA) is 92.5 Å². The van der Waals surface area contributed by atoms with Crippen molar-refractivity contribution in [3.8, 4) is 0 Å². The van der Waals surface area contributed by atoms with Gasteiger partial charge in [-0.05, 0) is 31.0 Å². The molecule has 1 saturated heterocycles. The van der Waals surface area contributed by atoms with Gasteiger partial charge in [-0.3, -0.25) is 14.0 Å². The zero-order valence-corrected chi connectivity index (χ0v) is 14.1. The Morgan fingerprint density at radius 3 is 3.04 bits per heavy atom. The first kappa shape index (κ1) is 16.2. The van der Waals surface area contributed by atoms with Crippen LogP contribution in [0.25, 0.3) is 5.65 Å². The molecule has 1 N–H and O–H groups in total. The first-order chi connectivity index (χ1) is 12.7. The van der Waals surface area contributed by atoms with E-state index in [1.165, 1.54) is 10.7 Å². The summed E-state index contributed by atoms with van der Waals surface area (Å²) in [7, 11) is 0. The second-order valence-corrected chi connectivity index (χ2v) is 6.23. The van der Waals surface area contributed by atoms with Gasteiger partial charge in [-0.15, -0.1) is 0 Å². The SMILES string of the molecule is O=C(NC1CCCN(c2cc(=O)n3ccccc3n2)C1)c1ccncn1. The molecule has 1 atom stereocenters. The number of anilines is 1. The van der Waals surface area contributed by atoms with E-state index in [0.717, 1.165) is 19.4 Å². The molecule has 3 aromatic heterocycles. The number of fused-ring (bicyclic) bond motifs is 1. The van der Waals surface area contributed by atoms with Gasteiger partial charge in [0, 0.05) is 37.6 Å². The standard InChI is InChI=1S/C18H18N6O2/c25-17-10-16(22-15-5-1-2-9-24(15)17)23-8-3-4-13(11-23)21-18(26)14-6-7-19-12-20-14/h1-2,5-7,9-10,12-13H,3-4,8,11H2,(H,21,26). The molecule has 0 aromatic carbocycles. The summed E-state index contributed by atoms with van der Waals surface area (Å²) < 4.78 is 1.52. The minimum atomic E-state index is -0.217. The van der Waals surface area contributed by atoms with E-state index in [0.29, 0.717) is 23.7 Å². The van der Waals surface area contributed by atoms with E-state index >= 15 is 0 Å². The van der Waals surface area contributed by atoms with E-state index in [1.807, 2.05) is 17.0 Å². The maximum Gasteiger partial charge on any atom is 0.270 e. The largest absolute Gasteiger partial charge is 0.354 e. The first-order valence-corrected chi connectivity index (χ1v) is 8.51. The van der Waals surface area contributed by atoms with Crippen molar-refractivity contribution in [3.63, 3.8) is 0 Å². The van der Waals surface area contributed by atoms with Gasteiger partial charge in [-0.1, -0.05) is 6.07 Å². The van der Waals surface area contributed by atoms with Crippen LogP contribution in [-0.4, -0.2) is 44.4 Å². The number of piperidine rings is 1. The predicted octanol–water partition coefficient (Wildman–Crippen LogP) is 0.883. The maximum atomic E-state index is 12.3. The highest BCUT2D eigenvalue weighted by Crippen LogP contribution is 2.17. The van der Waals surface area contributed by atoms with Crippen molar-refractivity contribution in [3.05, 3.63) is 65.1 Å². The van der Waals surface area contributed by atoms with Crippen LogP contribution < -0.4 is 15.8 Å². The minimum absolute atomic E-state index is 0.0257. The normalized spacial score (nSPS) is 17.2. The Hall–Kier alpha value is -3.29. The Kier molecular flexibility index (Phi) is 4.30. The van der Waals surface area contributed by atoms with Gasteiger partial charge in [-0.2, -0.15) is 0 Å². The van der Waals surface area contributed by atoms with Gasteiger partial charge in [0.05, 0.1) is 0 Å². The molecule has 0 spiro atoms. The number of carbonyl (C=O) groups excluding carboxylic acids is 1. The third kappa shape index (κ3) is 3.26. The van der Waals surface area contributed by atoms with Crippen LogP contribution in [0.15, 0.2) is 53.8 Å². The number of hydrogen-bond acceptors (Lipinski definition) is 6. The Morgan fingerprint density at radius 2 is 2.19 bits per heavy atom. The fourth-order valence-electron chi connectivity index (χ4n) is 3.19. The summed E-state index contributed by atoms with van der Waals surface area (Å²) in [6.45, 7) is 1.40. The van der Waals surface area contributed by atoms with Gasteiger partial charge in [0.2, 0.25) is 0 Å². The molecule has 1 fully saturated rings. The van der Waals surface area contributed by atoms with Gasteiger partial charge in [0.1, 0.15) is 23.5 Å². The molecule has 3 aromatic rings. The van der Waals surface area contributed by atoms with Crippen molar-refractivity contribution >= 4 is 17.4 Å². The molecule has 4 rings (SSSR count). The fraction of sp³-hybridized carbons (Fsp3) is 0.278. The summed E-state index contributed by atoms with van der Waals surface area (Å²) in [5.41, 5.74) is 0.846. The van der Waals surface area contributed by atoms with Crippen molar-refractivity contribution in [1.29, 1.82) is 0 Å². The lowest BCUT2D eigenvalue weighted by Gasteiger charge is -2.33. The van der Waals surface area contributed by atoms with Crippen LogP contribution in [-0.2, 0) is 0 Å². The molecule has 0 aliphatic carbocycles. The summed E-state index contributed by atoms with van der Waals surface area (Å²) in [5.74, 6) is 0.424. The first-order valence-electron chi connectivity index (χ1n) is 8.51. The Bertz CT molecular complexity index is 988. The van der Waals surface area contributed by atoms with Gasteiger partial charge < -0.3 is 10.2 Å².